The molecule has 0 radical (unpaired) electrons. The van der Waals surface area contributed by atoms with E-state index in [0.29, 0.717) is 6.42 Å². The van der Waals surface area contributed by atoms with Crippen molar-refractivity contribution in [2.45, 2.75) is 19.4 Å². The lowest BCUT2D eigenvalue weighted by Crippen LogP contribution is -2.18. The fourth-order valence-electron chi connectivity index (χ4n) is 4.37. The highest BCUT2D eigenvalue weighted by Gasteiger charge is 2.34. The van der Waals surface area contributed by atoms with Gasteiger partial charge in [-0.05, 0) is 43.3 Å². The lowest BCUT2D eigenvalue weighted by molar-refractivity contribution is 0.709. The molecule has 0 bridgehead atoms. The van der Waals surface area contributed by atoms with Crippen molar-refractivity contribution < 1.29 is 0 Å². The third-order valence-corrected chi connectivity index (χ3v) is 6.14. The Balaban J connectivity index is 1.50. The summed E-state index contributed by atoms with van der Waals surface area (Å²) in [6.07, 6.45) is 11.6. The Morgan fingerprint density at radius 1 is 0.800 bits per heavy atom. The van der Waals surface area contributed by atoms with Gasteiger partial charge in [-0.25, -0.2) is 4.68 Å². The van der Waals surface area contributed by atoms with E-state index >= 15 is 0 Å². The molecule has 4 heterocycles. The van der Waals surface area contributed by atoms with Crippen molar-refractivity contribution in [3.05, 3.63) is 121 Å². The summed E-state index contributed by atoms with van der Waals surface area (Å²) in [5.41, 5.74) is 7.93. The minimum Gasteiger partial charge on any atom is -0.265 e. The van der Waals surface area contributed by atoms with Gasteiger partial charge < -0.3 is 0 Å². The van der Waals surface area contributed by atoms with E-state index in [4.69, 9.17) is 10.2 Å². The Kier molecular flexibility index (Phi) is 5.35. The molecule has 0 fully saturated rings. The molecule has 1 aliphatic rings. The smallest absolute Gasteiger partial charge is 0.105 e. The normalized spacial score (nSPS) is 15.3. The zero-order valence-electron chi connectivity index (χ0n) is 19.2. The number of rotatable bonds is 5. The summed E-state index contributed by atoms with van der Waals surface area (Å²) in [6, 6.07) is 22.5. The highest BCUT2D eigenvalue weighted by molar-refractivity contribution is 6.01. The average Bonchev–Trinajstić information content (AvgIpc) is 3.56. The van der Waals surface area contributed by atoms with Gasteiger partial charge in [0.1, 0.15) is 5.69 Å². The molecule has 0 N–H and O–H groups in total. The average molecular weight is 458 g/mol. The van der Waals surface area contributed by atoms with Crippen molar-refractivity contribution in [3.63, 3.8) is 0 Å². The quantitative estimate of drug-likeness (QED) is 0.354. The molecule has 0 saturated carbocycles. The third kappa shape index (κ3) is 4.08. The number of pyridine rings is 1. The minimum atomic E-state index is -0.0599. The van der Waals surface area contributed by atoms with Crippen LogP contribution < -0.4 is 5.01 Å². The van der Waals surface area contributed by atoms with Crippen molar-refractivity contribution >= 4 is 11.4 Å². The zero-order valence-corrected chi connectivity index (χ0v) is 19.2. The van der Waals surface area contributed by atoms with Gasteiger partial charge in [-0.3, -0.25) is 20.0 Å². The molecule has 0 aliphatic carbocycles. The number of benzene rings is 2. The first-order valence-electron chi connectivity index (χ1n) is 11.5. The molecule has 1 unspecified atom stereocenters. The minimum absolute atomic E-state index is 0.0599. The van der Waals surface area contributed by atoms with Crippen LogP contribution >= 0.6 is 0 Å². The molecule has 1 atom stereocenters. The number of aromatic nitrogens is 5. The lowest BCUT2D eigenvalue weighted by atomic mass is 9.98. The predicted octanol–water partition coefficient (Wildman–Crippen LogP) is 5.39. The summed E-state index contributed by atoms with van der Waals surface area (Å²) in [5.74, 6) is 0. The summed E-state index contributed by atoms with van der Waals surface area (Å²) in [5, 5.41) is 12.1. The maximum Gasteiger partial charge on any atom is 0.105 e. The van der Waals surface area contributed by atoms with Crippen molar-refractivity contribution in [1.82, 2.24) is 24.7 Å². The van der Waals surface area contributed by atoms with Crippen LogP contribution in [0.5, 0.6) is 0 Å². The van der Waals surface area contributed by atoms with Gasteiger partial charge >= 0.3 is 0 Å². The van der Waals surface area contributed by atoms with Crippen LogP contribution in [-0.4, -0.2) is 30.4 Å². The molecule has 0 amide bonds. The molecule has 0 spiro atoms. The van der Waals surface area contributed by atoms with Crippen molar-refractivity contribution in [1.29, 1.82) is 0 Å². The van der Waals surface area contributed by atoms with Gasteiger partial charge in [0.2, 0.25) is 0 Å². The second-order valence-corrected chi connectivity index (χ2v) is 8.49. The monoisotopic (exact) mass is 457 g/mol. The molecule has 7 nitrogen and oxygen atoms in total. The van der Waals surface area contributed by atoms with E-state index in [-0.39, 0.29) is 6.04 Å². The lowest BCUT2D eigenvalue weighted by Gasteiger charge is -2.24. The number of anilines is 1. The number of para-hydroxylation sites is 1. The van der Waals surface area contributed by atoms with E-state index in [0.717, 1.165) is 39.6 Å². The summed E-state index contributed by atoms with van der Waals surface area (Å²) in [7, 11) is 0. The number of hydrogen-bond donors (Lipinski definition) is 0. The Hall–Kier alpha value is -4.65. The number of hydrazone groups is 1. The van der Waals surface area contributed by atoms with E-state index in [9.17, 15) is 0 Å². The first-order chi connectivity index (χ1) is 17.3. The van der Waals surface area contributed by atoms with Crippen LogP contribution in [0, 0.1) is 6.92 Å². The molecular formula is C28H23N7. The van der Waals surface area contributed by atoms with Crippen molar-refractivity contribution in [2.75, 3.05) is 5.01 Å². The van der Waals surface area contributed by atoms with Crippen LogP contribution in [0.1, 0.15) is 29.3 Å². The van der Waals surface area contributed by atoms with Crippen LogP contribution in [0.15, 0.2) is 109 Å². The van der Waals surface area contributed by atoms with Gasteiger partial charge in [0.15, 0.2) is 0 Å². The Morgan fingerprint density at radius 3 is 2.34 bits per heavy atom. The largest absolute Gasteiger partial charge is 0.265 e. The zero-order chi connectivity index (χ0) is 23.6. The van der Waals surface area contributed by atoms with Crippen LogP contribution in [-0.2, 0) is 0 Å². The standard InChI is InChI=1S/C28H23N7/c1-20-7-9-23(10-8-20)35-27(17-25(32-35)26-18-30-15-16-31-26)24-19-34(22-5-3-2-4-6-22)33-28(24)21-11-13-29-14-12-21/h2-16,18-19,27H,17H2,1H3. The Morgan fingerprint density at radius 2 is 1.60 bits per heavy atom. The van der Waals surface area contributed by atoms with Crippen LogP contribution in [0.3, 0.4) is 0 Å². The summed E-state index contributed by atoms with van der Waals surface area (Å²) in [6.45, 7) is 2.09. The van der Waals surface area contributed by atoms with Crippen LogP contribution in [0.25, 0.3) is 16.9 Å². The maximum absolute atomic E-state index is 5.03. The van der Waals surface area contributed by atoms with Gasteiger partial charge in [-0.15, -0.1) is 0 Å². The first-order valence-corrected chi connectivity index (χ1v) is 11.5. The summed E-state index contributed by atoms with van der Waals surface area (Å²) in [4.78, 5) is 13.0. The van der Waals surface area contributed by atoms with E-state index < -0.39 is 0 Å². The molecule has 2 aromatic carbocycles. The fraction of sp³-hybridized carbons (Fsp3) is 0.107. The fourth-order valence-corrected chi connectivity index (χ4v) is 4.37. The van der Waals surface area contributed by atoms with Gasteiger partial charge in [0.25, 0.3) is 0 Å². The van der Waals surface area contributed by atoms with Crippen LogP contribution in [0.4, 0.5) is 5.69 Å². The van der Waals surface area contributed by atoms with Crippen molar-refractivity contribution in [2.24, 2.45) is 5.10 Å². The maximum atomic E-state index is 5.03. The van der Waals surface area contributed by atoms with E-state index in [1.54, 1.807) is 31.0 Å². The molecule has 1 aliphatic heterocycles. The van der Waals surface area contributed by atoms with Crippen molar-refractivity contribution in [3.8, 4) is 16.9 Å². The highest BCUT2D eigenvalue weighted by Crippen LogP contribution is 2.40. The number of hydrogen-bond acceptors (Lipinski definition) is 6. The molecule has 3 aromatic heterocycles. The van der Waals surface area contributed by atoms with Gasteiger partial charge in [-0.2, -0.15) is 10.2 Å². The summed E-state index contributed by atoms with van der Waals surface area (Å²) < 4.78 is 1.94. The molecular weight excluding hydrogens is 434 g/mol. The molecule has 6 rings (SSSR count). The van der Waals surface area contributed by atoms with Gasteiger partial charge in [0, 0.05) is 48.5 Å². The topological polar surface area (TPSA) is 72.1 Å². The van der Waals surface area contributed by atoms with E-state index in [1.807, 2.05) is 35.0 Å². The van der Waals surface area contributed by atoms with E-state index in [2.05, 4.69) is 69.5 Å². The Labute approximate surface area is 203 Å². The second-order valence-electron chi connectivity index (χ2n) is 8.49. The summed E-state index contributed by atoms with van der Waals surface area (Å²) >= 11 is 0. The third-order valence-electron chi connectivity index (χ3n) is 6.14. The number of aryl methyl sites for hydroxylation is 1. The van der Waals surface area contributed by atoms with E-state index in [1.165, 1.54) is 5.56 Å². The predicted molar refractivity (Wildman–Crippen MR) is 136 cm³/mol. The molecule has 170 valence electrons. The Bertz CT molecular complexity index is 1460. The SMILES string of the molecule is Cc1ccc(N2N=C(c3cnccn3)CC2c2cn(-c3ccccc3)nc2-c2ccncc2)cc1. The molecule has 5 aromatic rings. The molecule has 35 heavy (non-hydrogen) atoms. The first kappa shape index (κ1) is 20.9. The van der Waals surface area contributed by atoms with Crippen LogP contribution in [0.2, 0.25) is 0 Å². The molecule has 0 saturated heterocycles. The van der Waals surface area contributed by atoms with Gasteiger partial charge in [0.05, 0.1) is 35.0 Å². The van der Waals surface area contributed by atoms with Gasteiger partial charge in [-0.1, -0.05) is 35.9 Å². The number of nitrogens with zero attached hydrogens (tertiary/aromatic N) is 7. The second kappa shape index (κ2) is 8.95. The highest BCUT2D eigenvalue weighted by atomic mass is 15.5. The molecule has 7 heteroatoms.